The van der Waals surface area contributed by atoms with Crippen LogP contribution in [-0.4, -0.2) is 40.6 Å². The first-order valence-electron chi connectivity index (χ1n) is 6.31. The zero-order valence-corrected chi connectivity index (χ0v) is 11.5. The minimum atomic E-state index is -1.00. The van der Waals surface area contributed by atoms with Crippen molar-refractivity contribution in [3.63, 3.8) is 0 Å². The lowest BCUT2D eigenvalue weighted by Gasteiger charge is -2.15. The van der Waals surface area contributed by atoms with Gasteiger partial charge < -0.3 is 16.6 Å². The maximum absolute atomic E-state index is 11.9. The molecule has 1 rings (SSSR count). The fourth-order valence-corrected chi connectivity index (χ4v) is 1.70. The summed E-state index contributed by atoms with van der Waals surface area (Å²) in [4.78, 5) is 36.6. The van der Waals surface area contributed by atoms with Crippen molar-refractivity contribution in [3.05, 3.63) is 41.4 Å². The molecule has 0 aliphatic rings. The van der Waals surface area contributed by atoms with Crippen molar-refractivity contribution in [2.75, 3.05) is 0 Å². The molecule has 21 heavy (non-hydrogen) atoms. The van der Waals surface area contributed by atoms with Gasteiger partial charge in [-0.05, 0) is 18.9 Å². The summed E-state index contributed by atoms with van der Waals surface area (Å²) in [5, 5.41) is 2.38. The second-order valence-corrected chi connectivity index (χ2v) is 4.49. The Bertz CT molecular complexity index is 579. The van der Waals surface area contributed by atoms with E-state index in [2.05, 4.69) is 10.1 Å². The molecule has 0 bridgehead atoms. The Morgan fingerprint density at radius 1 is 1.38 bits per heavy atom. The van der Waals surface area contributed by atoms with Crippen LogP contribution < -0.4 is 11.1 Å². The number of benzene rings is 1. The zero-order chi connectivity index (χ0) is 15.8. The molecule has 0 aliphatic carbocycles. The van der Waals surface area contributed by atoms with E-state index in [1.54, 1.807) is 0 Å². The molecule has 1 aromatic rings. The fraction of sp³-hybridized carbons (Fsp3) is 0.286. The third-order valence-electron chi connectivity index (χ3n) is 2.86. The van der Waals surface area contributed by atoms with Crippen LogP contribution >= 0.6 is 0 Å². The van der Waals surface area contributed by atoms with E-state index < -0.39 is 29.5 Å². The Balaban J connectivity index is 2.62. The van der Waals surface area contributed by atoms with Crippen LogP contribution in [-0.2, 0) is 20.8 Å². The number of carbonyl (C=O) groups excluding carboxylic acids is 3. The third kappa shape index (κ3) is 4.76. The molecule has 1 aromatic carbocycles. The van der Waals surface area contributed by atoms with Crippen LogP contribution in [0.25, 0.3) is 5.53 Å². The van der Waals surface area contributed by atoms with Gasteiger partial charge in [-0.2, -0.15) is 4.79 Å². The molecule has 110 valence electrons. The molecule has 7 heteroatoms. The number of amides is 1. The van der Waals surface area contributed by atoms with Crippen molar-refractivity contribution in [3.8, 4) is 0 Å². The first kappa shape index (κ1) is 16.4. The normalized spacial score (nSPS) is 12.7. The number of rotatable bonds is 7. The summed E-state index contributed by atoms with van der Waals surface area (Å²) in [5.41, 5.74) is 14.5. The van der Waals surface area contributed by atoms with Crippen LogP contribution in [0.4, 0.5) is 0 Å². The van der Waals surface area contributed by atoms with E-state index >= 15 is 0 Å². The predicted octanol–water partition coefficient (Wildman–Crippen LogP) is -0.500. The molecular formula is C14H16N4O3. The van der Waals surface area contributed by atoms with Gasteiger partial charge in [0.1, 0.15) is 0 Å². The molecule has 0 fully saturated rings. The molecule has 0 saturated carbocycles. The van der Waals surface area contributed by atoms with E-state index in [1.807, 2.05) is 30.3 Å². The maximum Gasteiger partial charge on any atom is 0.399 e. The number of nitrogens with one attached hydrogen (secondary N) is 1. The van der Waals surface area contributed by atoms with Crippen molar-refractivity contribution < 1.29 is 19.2 Å². The lowest BCUT2D eigenvalue weighted by Crippen LogP contribution is -2.49. The summed E-state index contributed by atoms with van der Waals surface area (Å²) in [6.07, 6.45) is 0.442. The van der Waals surface area contributed by atoms with Crippen LogP contribution in [0.1, 0.15) is 12.5 Å². The van der Waals surface area contributed by atoms with Gasteiger partial charge in [0.05, 0.1) is 12.1 Å². The highest BCUT2D eigenvalue weighted by Gasteiger charge is 2.28. The van der Waals surface area contributed by atoms with Gasteiger partial charge in [-0.15, -0.1) is 0 Å². The van der Waals surface area contributed by atoms with Gasteiger partial charge >= 0.3 is 5.71 Å². The van der Waals surface area contributed by atoms with Crippen LogP contribution in [0.5, 0.6) is 0 Å². The summed E-state index contributed by atoms with van der Waals surface area (Å²) < 4.78 is 0. The lowest BCUT2D eigenvalue weighted by molar-refractivity contribution is -0.128. The standard InChI is InChI=1S/C14H16N4O3/c1-9(13(20)12(8-19)18-16)17-14(21)11(15)7-10-5-3-2-4-6-10/h2-6,8-9,11H,7,15H2,1H3,(H,17,21). The molecule has 0 spiro atoms. The number of ketones is 1. The molecule has 0 aliphatic heterocycles. The van der Waals surface area contributed by atoms with Crippen molar-refractivity contribution in [1.82, 2.24) is 5.32 Å². The maximum atomic E-state index is 11.9. The van der Waals surface area contributed by atoms with Crippen LogP contribution in [0.3, 0.4) is 0 Å². The Morgan fingerprint density at radius 3 is 2.52 bits per heavy atom. The summed E-state index contributed by atoms with van der Waals surface area (Å²) in [6, 6.07) is 7.37. The minimum absolute atomic E-state index is 0.120. The Hall–Kier alpha value is -2.63. The van der Waals surface area contributed by atoms with Crippen LogP contribution in [0, 0.1) is 0 Å². The summed E-state index contributed by atoms with van der Waals surface area (Å²) in [7, 11) is 0. The zero-order valence-electron chi connectivity index (χ0n) is 11.5. The predicted molar refractivity (Wildman–Crippen MR) is 75.4 cm³/mol. The summed E-state index contributed by atoms with van der Waals surface area (Å²) >= 11 is 0. The van der Waals surface area contributed by atoms with Crippen LogP contribution in [0.2, 0.25) is 0 Å². The van der Waals surface area contributed by atoms with Gasteiger partial charge in [0, 0.05) is 0 Å². The average molecular weight is 288 g/mol. The van der Waals surface area contributed by atoms with E-state index in [-0.39, 0.29) is 6.29 Å². The smallest absolute Gasteiger partial charge is 0.360 e. The van der Waals surface area contributed by atoms with Gasteiger partial charge in [-0.3, -0.25) is 14.4 Å². The molecule has 0 radical (unpaired) electrons. The van der Waals surface area contributed by atoms with E-state index in [4.69, 9.17) is 11.3 Å². The Morgan fingerprint density at radius 2 is 2.00 bits per heavy atom. The number of Topliss-reactive ketones (excluding diaryl/α,β-unsaturated/α-hetero) is 1. The quantitative estimate of drug-likeness (QED) is 0.230. The number of hydrogen-bond acceptors (Lipinski definition) is 4. The van der Waals surface area contributed by atoms with Crippen molar-refractivity contribution in [1.29, 1.82) is 0 Å². The highest BCUT2D eigenvalue weighted by Crippen LogP contribution is 2.02. The van der Waals surface area contributed by atoms with Crippen LogP contribution in [0.15, 0.2) is 30.3 Å². The molecular weight excluding hydrogens is 272 g/mol. The Kier molecular flexibility index (Phi) is 6.13. The number of hydrogen-bond donors (Lipinski definition) is 2. The SMILES string of the molecule is CC(NC(=O)C(N)Cc1ccccc1)C(=O)C(C=O)=[N+]=[N-]. The van der Waals surface area contributed by atoms with E-state index in [9.17, 15) is 14.4 Å². The topological polar surface area (TPSA) is 126 Å². The minimum Gasteiger partial charge on any atom is -0.360 e. The molecule has 2 atom stereocenters. The van der Waals surface area contributed by atoms with Gasteiger partial charge in [0.15, 0.2) is 0 Å². The average Bonchev–Trinajstić information content (AvgIpc) is 2.49. The van der Waals surface area contributed by atoms with Crippen molar-refractivity contribution >= 4 is 23.7 Å². The number of nitrogens with two attached hydrogens (primary N) is 1. The van der Waals surface area contributed by atoms with E-state index in [0.29, 0.717) is 6.42 Å². The second kappa shape index (κ2) is 7.84. The van der Waals surface area contributed by atoms with E-state index in [0.717, 1.165) is 5.56 Å². The molecule has 1 amide bonds. The third-order valence-corrected chi connectivity index (χ3v) is 2.86. The number of nitrogens with zero attached hydrogens (tertiary/aromatic N) is 2. The van der Waals surface area contributed by atoms with Crippen molar-refractivity contribution in [2.45, 2.75) is 25.4 Å². The molecule has 0 aromatic heterocycles. The van der Waals surface area contributed by atoms with Gasteiger partial charge in [-0.1, -0.05) is 30.3 Å². The second-order valence-electron chi connectivity index (χ2n) is 4.49. The molecule has 0 saturated heterocycles. The van der Waals surface area contributed by atoms with Gasteiger partial charge in [0.25, 0.3) is 5.78 Å². The van der Waals surface area contributed by atoms with Gasteiger partial charge in [0.2, 0.25) is 12.2 Å². The molecule has 7 nitrogen and oxygen atoms in total. The van der Waals surface area contributed by atoms with Crippen molar-refractivity contribution in [2.24, 2.45) is 5.73 Å². The lowest BCUT2D eigenvalue weighted by atomic mass is 10.0. The largest absolute Gasteiger partial charge is 0.399 e. The molecule has 0 heterocycles. The first-order valence-corrected chi connectivity index (χ1v) is 6.31. The van der Waals surface area contributed by atoms with E-state index in [1.165, 1.54) is 6.92 Å². The molecule has 3 N–H and O–H groups in total. The highest BCUT2D eigenvalue weighted by molar-refractivity contribution is 6.59. The van der Waals surface area contributed by atoms with Gasteiger partial charge in [-0.25, -0.2) is 0 Å². The summed E-state index contributed by atoms with van der Waals surface area (Å²) in [5.74, 6) is -1.31. The number of carbonyl (C=O) groups is 3. The highest BCUT2D eigenvalue weighted by atomic mass is 16.2. The number of aldehydes is 1. The molecule has 2 unspecified atom stereocenters. The summed E-state index contributed by atoms with van der Waals surface area (Å²) in [6.45, 7) is 1.38. The Labute approximate surface area is 121 Å². The first-order chi connectivity index (χ1) is 9.99. The fourth-order valence-electron chi connectivity index (χ4n) is 1.70. The monoisotopic (exact) mass is 288 g/mol.